The molecule has 5 rings (SSSR count). The third-order valence-corrected chi connectivity index (χ3v) is 6.53. The number of anilines is 1. The van der Waals surface area contributed by atoms with E-state index in [9.17, 15) is 9.18 Å². The van der Waals surface area contributed by atoms with Gasteiger partial charge in [-0.3, -0.25) is 9.89 Å². The van der Waals surface area contributed by atoms with Crippen LogP contribution in [0.4, 0.5) is 14.6 Å². The third kappa shape index (κ3) is 3.39. The number of amides is 1. The van der Waals surface area contributed by atoms with E-state index in [2.05, 4.69) is 20.6 Å². The fourth-order valence-electron chi connectivity index (χ4n) is 3.93. The minimum Gasteiger partial charge on any atom is -0.309 e. The van der Waals surface area contributed by atoms with Crippen molar-refractivity contribution in [2.24, 2.45) is 5.92 Å². The highest BCUT2D eigenvalue weighted by atomic mass is 32.2. The number of rotatable bonds is 6. The number of carbonyl (C=O) groups excluding carboxylic acids is 1. The number of pyridine rings is 1. The molecule has 32 heavy (non-hydrogen) atoms. The number of hydrogen-bond donors (Lipinski definition) is 2. The highest BCUT2D eigenvalue weighted by molar-refractivity contribution is 7.99. The number of thioether (sulfide) groups is 1. The van der Waals surface area contributed by atoms with Crippen molar-refractivity contribution in [1.29, 1.82) is 5.26 Å². The topological polar surface area (TPSA) is 98.9 Å². The van der Waals surface area contributed by atoms with Crippen molar-refractivity contribution in [2.45, 2.75) is 30.8 Å². The third-order valence-electron chi connectivity index (χ3n) is 5.59. The Bertz CT molecular complexity index is 1410. The molecular formula is C22H18F2N6OS. The molecule has 0 bridgehead atoms. The maximum absolute atomic E-state index is 15.5. The van der Waals surface area contributed by atoms with Crippen LogP contribution in [0, 0.1) is 23.1 Å². The summed E-state index contributed by atoms with van der Waals surface area (Å²) < 4.78 is 30.2. The zero-order valence-electron chi connectivity index (χ0n) is 17.0. The number of carbonyl (C=O) groups is 1. The van der Waals surface area contributed by atoms with Gasteiger partial charge < -0.3 is 5.32 Å². The average Bonchev–Trinajstić information content (AvgIpc) is 3.15. The van der Waals surface area contributed by atoms with Gasteiger partial charge in [-0.2, -0.15) is 15.5 Å². The smallest absolute Gasteiger partial charge is 0.231 e. The highest BCUT2D eigenvalue weighted by Crippen LogP contribution is 2.40. The number of nitrogens with zero attached hydrogens (tertiary/aromatic N) is 4. The maximum Gasteiger partial charge on any atom is 0.231 e. The van der Waals surface area contributed by atoms with Crippen LogP contribution in [0.3, 0.4) is 0 Å². The summed E-state index contributed by atoms with van der Waals surface area (Å²) in [6.45, 7) is 1.88. The second-order valence-corrected chi connectivity index (χ2v) is 8.60. The van der Waals surface area contributed by atoms with Crippen LogP contribution in [-0.4, -0.2) is 37.6 Å². The van der Waals surface area contributed by atoms with E-state index in [1.807, 2.05) is 25.1 Å². The zero-order valence-corrected chi connectivity index (χ0v) is 17.8. The lowest BCUT2D eigenvalue weighted by Gasteiger charge is -2.15. The summed E-state index contributed by atoms with van der Waals surface area (Å²) >= 11 is 1.15. The highest BCUT2D eigenvalue weighted by Gasteiger charge is 2.43. The van der Waals surface area contributed by atoms with Crippen LogP contribution in [0.15, 0.2) is 35.5 Å². The number of benzene rings is 1. The van der Waals surface area contributed by atoms with Crippen LogP contribution < -0.4 is 5.32 Å². The number of aromatic nitrogens is 4. The second-order valence-electron chi connectivity index (χ2n) is 7.62. The van der Waals surface area contributed by atoms with E-state index in [-0.39, 0.29) is 23.9 Å². The molecule has 0 aliphatic heterocycles. The maximum atomic E-state index is 15.5. The molecule has 2 atom stereocenters. The second kappa shape index (κ2) is 7.91. The summed E-state index contributed by atoms with van der Waals surface area (Å²) in [6, 6.07) is 7.42. The fourth-order valence-corrected chi connectivity index (χ4v) is 4.69. The van der Waals surface area contributed by atoms with Gasteiger partial charge >= 0.3 is 0 Å². The van der Waals surface area contributed by atoms with Gasteiger partial charge in [0.1, 0.15) is 12.0 Å². The Hall–Kier alpha value is -3.45. The van der Waals surface area contributed by atoms with Gasteiger partial charge in [-0.1, -0.05) is 6.92 Å². The normalized spacial score (nSPS) is 17.6. The molecule has 7 nitrogen and oxygen atoms in total. The molecule has 1 aliphatic rings. The zero-order chi connectivity index (χ0) is 22.4. The van der Waals surface area contributed by atoms with Gasteiger partial charge in [-0.15, -0.1) is 11.8 Å². The van der Waals surface area contributed by atoms with Crippen LogP contribution in [0.25, 0.3) is 27.5 Å². The first-order valence-electron chi connectivity index (χ1n) is 10.1. The molecule has 4 aromatic rings. The Morgan fingerprint density at radius 3 is 3.00 bits per heavy atom. The molecule has 2 unspecified atom stereocenters. The lowest BCUT2D eigenvalue weighted by Crippen LogP contribution is -2.15. The molecule has 10 heteroatoms. The molecular weight excluding hydrogens is 434 g/mol. The molecule has 3 heterocycles. The number of hydrogen-bond acceptors (Lipinski definition) is 5. The molecule has 0 radical (unpaired) electrons. The predicted molar refractivity (Wildman–Crippen MR) is 118 cm³/mol. The van der Waals surface area contributed by atoms with Gasteiger partial charge in [-0.05, 0) is 41.7 Å². The molecule has 162 valence electrons. The van der Waals surface area contributed by atoms with Crippen LogP contribution >= 0.6 is 11.8 Å². The van der Waals surface area contributed by atoms with E-state index in [4.69, 9.17) is 5.26 Å². The Balaban J connectivity index is 1.59. The van der Waals surface area contributed by atoms with Crippen molar-refractivity contribution >= 4 is 39.9 Å². The molecule has 1 fully saturated rings. The predicted octanol–water partition coefficient (Wildman–Crippen LogP) is 4.49. The minimum absolute atomic E-state index is 0.133. The fraction of sp³-hybridized carbons (Fsp3) is 0.273. The standard InChI is InChI=1S/C22H18F2N6OS/c1-2-13-18(15-10-26-28-20(15)21(19(13)24)32-6-4-25)11-3-5-30-12(7-11)8-17(29-30)27-22(31)14-9-16(14)23/h3,5,7-8,10,14,16H,2,6,9H2,1H3,(H,26,28)(H,27,29,31). The molecule has 1 aliphatic carbocycles. The molecule has 2 N–H and O–H groups in total. The van der Waals surface area contributed by atoms with Gasteiger partial charge in [0.2, 0.25) is 5.91 Å². The molecule has 1 aromatic carbocycles. The first-order chi connectivity index (χ1) is 15.5. The van der Waals surface area contributed by atoms with Gasteiger partial charge in [0, 0.05) is 17.6 Å². The molecule has 1 saturated carbocycles. The van der Waals surface area contributed by atoms with Crippen molar-refractivity contribution < 1.29 is 13.6 Å². The van der Waals surface area contributed by atoms with E-state index in [1.54, 1.807) is 23.0 Å². The van der Waals surface area contributed by atoms with Crippen LogP contribution in [0.2, 0.25) is 0 Å². The monoisotopic (exact) mass is 452 g/mol. The summed E-state index contributed by atoms with van der Waals surface area (Å²) in [6.07, 6.45) is 3.02. The summed E-state index contributed by atoms with van der Waals surface area (Å²) in [4.78, 5) is 12.4. The summed E-state index contributed by atoms with van der Waals surface area (Å²) in [5.74, 6) is -0.858. The first kappa shape index (κ1) is 20.5. The Labute approximate surface area is 185 Å². The Morgan fingerprint density at radius 1 is 1.47 bits per heavy atom. The van der Waals surface area contributed by atoms with Crippen molar-refractivity contribution in [3.8, 4) is 17.2 Å². The van der Waals surface area contributed by atoms with Crippen LogP contribution in [0.1, 0.15) is 18.9 Å². The molecule has 1 amide bonds. The average molecular weight is 452 g/mol. The molecule has 0 saturated heterocycles. The summed E-state index contributed by atoms with van der Waals surface area (Å²) in [5.41, 5.74) is 3.30. The number of alkyl halides is 1. The van der Waals surface area contributed by atoms with Gasteiger partial charge in [0.05, 0.1) is 39.9 Å². The van der Waals surface area contributed by atoms with Crippen molar-refractivity contribution in [2.75, 3.05) is 11.1 Å². The van der Waals surface area contributed by atoms with Crippen molar-refractivity contribution in [3.63, 3.8) is 0 Å². The number of nitriles is 1. The molecule has 0 spiro atoms. The Kier molecular flexibility index (Phi) is 5.06. The lowest BCUT2D eigenvalue weighted by molar-refractivity contribution is -0.117. The van der Waals surface area contributed by atoms with E-state index in [1.165, 1.54) is 0 Å². The van der Waals surface area contributed by atoms with Gasteiger partial charge in [0.25, 0.3) is 0 Å². The molecule has 3 aromatic heterocycles. The summed E-state index contributed by atoms with van der Waals surface area (Å²) in [5, 5.41) is 23.7. The van der Waals surface area contributed by atoms with Gasteiger partial charge in [-0.25, -0.2) is 13.3 Å². The number of fused-ring (bicyclic) bond motifs is 2. The van der Waals surface area contributed by atoms with Crippen molar-refractivity contribution in [3.05, 3.63) is 42.0 Å². The van der Waals surface area contributed by atoms with Crippen molar-refractivity contribution in [1.82, 2.24) is 19.8 Å². The van der Waals surface area contributed by atoms with Crippen LogP contribution in [-0.2, 0) is 11.2 Å². The number of aromatic amines is 1. The summed E-state index contributed by atoms with van der Waals surface area (Å²) in [7, 11) is 0. The van der Waals surface area contributed by atoms with E-state index in [0.717, 1.165) is 28.3 Å². The number of nitrogens with one attached hydrogen (secondary N) is 2. The Morgan fingerprint density at radius 2 is 2.28 bits per heavy atom. The number of H-pyrrole nitrogens is 1. The van der Waals surface area contributed by atoms with Gasteiger partial charge in [0.15, 0.2) is 5.82 Å². The van der Waals surface area contributed by atoms with E-state index in [0.29, 0.717) is 33.7 Å². The largest absolute Gasteiger partial charge is 0.309 e. The van der Waals surface area contributed by atoms with Crippen LogP contribution in [0.5, 0.6) is 0 Å². The SMILES string of the molecule is CCc1c(F)c(SCC#N)c2[nH]ncc2c1-c1ccn2nc(NC(=O)C3CC3F)cc2c1. The van der Waals surface area contributed by atoms with E-state index < -0.39 is 12.1 Å². The first-order valence-corrected chi connectivity index (χ1v) is 11.1. The number of halogens is 2. The quantitative estimate of drug-likeness (QED) is 0.420. The van der Waals surface area contributed by atoms with E-state index >= 15 is 4.39 Å². The minimum atomic E-state index is -1.08. The lowest BCUT2D eigenvalue weighted by atomic mass is 9.94.